The molecular formula is C26H19BrClNO6S. The first kappa shape index (κ1) is 25.8. The summed E-state index contributed by atoms with van der Waals surface area (Å²) in [5, 5.41) is -0.155. The molecule has 1 heterocycles. The van der Waals surface area contributed by atoms with Gasteiger partial charge < -0.3 is 14.2 Å². The topological polar surface area (TPSA) is 82.1 Å². The van der Waals surface area contributed by atoms with E-state index in [4.69, 9.17) is 25.8 Å². The number of imide groups is 1. The van der Waals surface area contributed by atoms with Crippen LogP contribution in [-0.4, -0.2) is 42.3 Å². The predicted octanol–water partition coefficient (Wildman–Crippen LogP) is 6.45. The molecule has 184 valence electrons. The fourth-order valence-electron chi connectivity index (χ4n) is 3.33. The van der Waals surface area contributed by atoms with Gasteiger partial charge in [-0.1, -0.05) is 51.8 Å². The van der Waals surface area contributed by atoms with Crippen LogP contribution in [-0.2, 0) is 4.79 Å². The molecule has 0 spiro atoms. The lowest BCUT2D eigenvalue weighted by Gasteiger charge is -2.14. The number of para-hydroxylation sites is 2. The van der Waals surface area contributed by atoms with E-state index in [0.29, 0.717) is 21.5 Å². The molecule has 0 bridgehead atoms. The van der Waals surface area contributed by atoms with Gasteiger partial charge in [-0.2, -0.15) is 0 Å². The molecule has 1 saturated heterocycles. The largest absolute Gasteiger partial charge is 0.493 e. The zero-order valence-electron chi connectivity index (χ0n) is 18.9. The maximum Gasteiger partial charge on any atom is 0.345 e. The summed E-state index contributed by atoms with van der Waals surface area (Å²) < 4.78 is 17.2. The van der Waals surface area contributed by atoms with Gasteiger partial charge in [-0.05, 0) is 60.3 Å². The number of methoxy groups -OCH3 is 1. The monoisotopic (exact) mass is 587 g/mol. The molecule has 1 aliphatic rings. The number of benzene rings is 3. The molecule has 3 aromatic rings. The van der Waals surface area contributed by atoms with Gasteiger partial charge in [0.2, 0.25) is 0 Å². The van der Waals surface area contributed by atoms with Crippen LogP contribution in [0.2, 0.25) is 5.02 Å². The molecule has 7 nitrogen and oxygen atoms in total. The van der Waals surface area contributed by atoms with Gasteiger partial charge in [-0.3, -0.25) is 14.5 Å². The Hall–Kier alpha value is -3.27. The summed E-state index contributed by atoms with van der Waals surface area (Å²) in [4.78, 5) is 39.5. The fraction of sp³-hybridized carbons (Fsp3) is 0.115. The van der Waals surface area contributed by atoms with Crippen LogP contribution in [0.25, 0.3) is 6.08 Å². The minimum absolute atomic E-state index is 0.0624. The molecule has 10 heteroatoms. The zero-order chi connectivity index (χ0) is 25.7. The molecule has 4 rings (SSSR count). The fourth-order valence-corrected chi connectivity index (χ4v) is 4.77. The smallest absolute Gasteiger partial charge is 0.345 e. The Morgan fingerprint density at radius 2 is 1.75 bits per heavy atom. The van der Waals surface area contributed by atoms with E-state index in [1.807, 2.05) is 6.07 Å². The van der Waals surface area contributed by atoms with Crippen molar-refractivity contribution in [2.24, 2.45) is 0 Å². The highest BCUT2D eigenvalue weighted by Gasteiger charge is 2.35. The van der Waals surface area contributed by atoms with Crippen LogP contribution < -0.4 is 14.2 Å². The minimum Gasteiger partial charge on any atom is -0.493 e. The maximum absolute atomic E-state index is 13.0. The average molecular weight is 589 g/mol. The van der Waals surface area contributed by atoms with E-state index in [1.165, 1.54) is 13.2 Å². The number of nitrogens with zero attached hydrogens (tertiary/aromatic N) is 1. The van der Waals surface area contributed by atoms with Gasteiger partial charge >= 0.3 is 5.97 Å². The van der Waals surface area contributed by atoms with Crippen molar-refractivity contribution in [3.05, 3.63) is 92.3 Å². The summed E-state index contributed by atoms with van der Waals surface area (Å²) in [5.74, 6) is 0.187. The Morgan fingerprint density at radius 1 is 1.03 bits per heavy atom. The number of ether oxygens (including phenoxy) is 3. The molecule has 2 amide bonds. The lowest BCUT2D eigenvalue weighted by Crippen LogP contribution is -2.32. The Balaban J connectivity index is 1.49. The molecule has 0 unspecified atom stereocenters. The van der Waals surface area contributed by atoms with E-state index < -0.39 is 17.1 Å². The van der Waals surface area contributed by atoms with Crippen molar-refractivity contribution >= 4 is 62.5 Å². The van der Waals surface area contributed by atoms with Crippen LogP contribution in [0.5, 0.6) is 17.2 Å². The summed E-state index contributed by atoms with van der Waals surface area (Å²) in [6.45, 7) is 0.163. The van der Waals surface area contributed by atoms with Gasteiger partial charge in [0.1, 0.15) is 12.4 Å². The molecule has 0 aliphatic carbocycles. The number of halogens is 2. The Morgan fingerprint density at radius 3 is 2.50 bits per heavy atom. The highest BCUT2D eigenvalue weighted by atomic mass is 79.9. The molecule has 0 aromatic heterocycles. The van der Waals surface area contributed by atoms with Gasteiger partial charge in [0.25, 0.3) is 11.1 Å². The third-order valence-electron chi connectivity index (χ3n) is 5.07. The van der Waals surface area contributed by atoms with Crippen molar-refractivity contribution in [2.75, 3.05) is 20.3 Å². The lowest BCUT2D eigenvalue weighted by molar-refractivity contribution is -0.123. The van der Waals surface area contributed by atoms with Crippen molar-refractivity contribution in [1.29, 1.82) is 0 Å². The normalized spacial score (nSPS) is 14.3. The van der Waals surface area contributed by atoms with Crippen molar-refractivity contribution in [2.45, 2.75) is 0 Å². The molecule has 36 heavy (non-hydrogen) atoms. The summed E-state index contributed by atoms with van der Waals surface area (Å²) >= 11 is 10.3. The minimum atomic E-state index is -0.640. The second-order valence-electron chi connectivity index (χ2n) is 7.38. The number of carbonyl (C=O) groups excluding carboxylic acids is 3. The highest BCUT2D eigenvalue weighted by Crippen LogP contribution is 2.35. The van der Waals surface area contributed by atoms with E-state index in [2.05, 4.69) is 15.9 Å². The van der Waals surface area contributed by atoms with Crippen molar-refractivity contribution < 1.29 is 28.6 Å². The highest BCUT2D eigenvalue weighted by molar-refractivity contribution is 9.10. The molecule has 1 aliphatic heterocycles. The second-order valence-corrected chi connectivity index (χ2v) is 9.70. The first-order chi connectivity index (χ1) is 17.4. The average Bonchev–Trinajstić information content (AvgIpc) is 3.13. The van der Waals surface area contributed by atoms with Gasteiger partial charge in [0.05, 0.1) is 29.1 Å². The van der Waals surface area contributed by atoms with Gasteiger partial charge in [0, 0.05) is 10.0 Å². The van der Waals surface area contributed by atoms with E-state index in [9.17, 15) is 14.4 Å². The zero-order valence-corrected chi connectivity index (χ0v) is 22.1. The maximum atomic E-state index is 13.0. The third-order valence-corrected chi connectivity index (χ3v) is 6.80. The van der Waals surface area contributed by atoms with Gasteiger partial charge in [0.15, 0.2) is 11.5 Å². The number of esters is 1. The standard InChI is InChI=1S/C26H19BrClNO6S/c1-33-21-8-4-5-9-22(21)34-13-12-29-24(30)23(36-26(29)32)15-16-14-17(27)10-11-20(16)35-25(31)18-6-2-3-7-19(18)28/h2-11,14-15H,12-13H2,1H3/b23-15-. The summed E-state index contributed by atoms with van der Waals surface area (Å²) in [6, 6.07) is 18.6. The molecule has 0 N–H and O–H groups in total. The first-order valence-corrected chi connectivity index (χ1v) is 12.6. The third kappa shape index (κ3) is 5.92. The SMILES string of the molecule is COc1ccccc1OCCN1C(=O)S/C(=C\c2cc(Br)ccc2OC(=O)c2ccccc2Cl)C1=O. The molecule has 0 atom stereocenters. The number of amides is 2. The predicted molar refractivity (Wildman–Crippen MR) is 142 cm³/mol. The van der Waals surface area contributed by atoms with Crippen LogP contribution in [0, 0.1) is 0 Å². The molecule has 3 aromatic carbocycles. The first-order valence-electron chi connectivity index (χ1n) is 10.6. The van der Waals surface area contributed by atoms with E-state index >= 15 is 0 Å². The van der Waals surface area contributed by atoms with Crippen LogP contribution in [0.3, 0.4) is 0 Å². The lowest BCUT2D eigenvalue weighted by atomic mass is 10.1. The number of rotatable bonds is 8. The van der Waals surface area contributed by atoms with Crippen molar-refractivity contribution in [3.8, 4) is 17.2 Å². The van der Waals surface area contributed by atoms with E-state index in [1.54, 1.807) is 60.7 Å². The van der Waals surface area contributed by atoms with E-state index in [0.717, 1.165) is 16.7 Å². The van der Waals surface area contributed by atoms with Crippen LogP contribution in [0.4, 0.5) is 4.79 Å². The molecule has 0 saturated carbocycles. The molecule has 0 radical (unpaired) electrons. The van der Waals surface area contributed by atoms with Crippen LogP contribution in [0.15, 0.2) is 76.1 Å². The number of carbonyl (C=O) groups is 3. The Bertz CT molecular complexity index is 1360. The number of hydrogen-bond acceptors (Lipinski definition) is 7. The Labute approximate surface area is 225 Å². The van der Waals surface area contributed by atoms with Gasteiger partial charge in [-0.25, -0.2) is 4.79 Å². The van der Waals surface area contributed by atoms with Crippen LogP contribution in [0.1, 0.15) is 15.9 Å². The van der Waals surface area contributed by atoms with Gasteiger partial charge in [-0.15, -0.1) is 0 Å². The second kappa shape index (κ2) is 11.6. The summed E-state index contributed by atoms with van der Waals surface area (Å²) in [5.41, 5.74) is 0.656. The number of thioether (sulfide) groups is 1. The molecular weight excluding hydrogens is 570 g/mol. The molecule has 1 fully saturated rings. The Kier molecular flexibility index (Phi) is 8.35. The van der Waals surface area contributed by atoms with Crippen molar-refractivity contribution in [1.82, 2.24) is 4.90 Å². The number of hydrogen-bond donors (Lipinski definition) is 0. The summed E-state index contributed by atoms with van der Waals surface area (Å²) in [6.07, 6.45) is 1.52. The van der Waals surface area contributed by atoms with Crippen LogP contribution >= 0.6 is 39.3 Å². The quantitative estimate of drug-likeness (QED) is 0.170. The van der Waals surface area contributed by atoms with E-state index in [-0.39, 0.29) is 34.4 Å². The summed E-state index contributed by atoms with van der Waals surface area (Å²) in [7, 11) is 1.53. The van der Waals surface area contributed by atoms with Crippen molar-refractivity contribution in [3.63, 3.8) is 0 Å².